The third kappa shape index (κ3) is 2.41. The number of rotatable bonds is 3. The van der Waals surface area contributed by atoms with Crippen LogP contribution in [0.5, 0.6) is 0 Å². The summed E-state index contributed by atoms with van der Waals surface area (Å²) < 4.78 is 6.48. The van der Waals surface area contributed by atoms with E-state index in [4.69, 9.17) is 4.74 Å². The quantitative estimate of drug-likeness (QED) is 0.692. The number of carbonyl (C=O) groups is 1. The summed E-state index contributed by atoms with van der Waals surface area (Å²) in [5.41, 5.74) is 1.69. The van der Waals surface area contributed by atoms with E-state index in [1.807, 2.05) is 60.7 Å². The van der Waals surface area contributed by atoms with Crippen LogP contribution in [-0.2, 0) is 4.74 Å². The number of ether oxygens (including phenoxy) is 1. The standard InChI is InChI=1S/C16H13N3O2/c1-21-16(20)15-18-17-14(12-8-4-2-5-9-12)19(15)13-10-6-3-7-11-13/h2-11H,1H3. The zero-order chi connectivity index (χ0) is 14.7. The van der Waals surface area contributed by atoms with Crippen molar-refractivity contribution in [2.75, 3.05) is 7.11 Å². The monoisotopic (exact) mass is 279 g/mol. The van der Waals surface area contributed by atoms with Crippen LogP contribution in [0.4, 0.5) is 0 Å². The van der Waals surface area contributed by atoms with Crippen LogP contribution in [0.1, 0.15) is 10.6 Å². The van der Waals surface area contributed by atoms with Gasteiger partial charge in [0.1, 0.15) is 0 Å². The van der Waals surface area contributed by atoms with Gasteiger partial charge in [0.2, 0.25) is 5.82 Å². The van der Waals surface area contributed by atoms with Crippen LogP contribution in [0.15, 0.2) is 60.7 Å². The molecule has 104 valence electrons. The highest BCUT2D eigenvalue weighted by molar-refractivity contribution is 5.87. The van der Waals surface area contributed by atoms with Crippen molar-refractivity contribution in [3.05, 3.63) is 66.5 Å². The highest BCUT2D eigenvalue weighted by Crippen LogP contribution is 2.22. The van der Waals surface area contributed by atoms with E-state index in [0.29, 0.717) is 5.82 Å². The van der Waals surface area contributed by atoms with Crippen LogP contribution in [0.2, 0.25) is 0 Å². The summed E-state index contributed by atoms with van der Waals surface area (Å²) in [4.78, 5) is 11.9. The van der Waals surface area contributed by atoms with Crippen LogP contribution < -0.4 is 0 Å². The molecule has 0 aliphatic rings. The lowest BCUT2D eigenvalue weighted by Crippen LogP contribution is -2.11. The molecule has 5 heteroatoms. The Hall–Kier alpha value is -2.95. The van der Waals surface area contributed by atoms with Gasteiger partial charge in [0.05, 0.1) is 7.11 Å². The molecule has 0 amide bonds. The summed E-state index contributed by atoms with van der Waals surface area (Å²) in [7, 11) is 1.33. The van der Waals surface area contributed by atoms with Crippen molar-refractivity contribution >= 4 is 5.97 Å². The number of hydrogen-bond donors (Lipinski definition) is 0. The molecule has 0 saturated heterocycles. The highest BCUT2D eigenvalue weighted by Gasteiger charge is 2.21. The van der Waals surface area contributed by atoms with Crippen molar-refractivity contribution in [3.8, 4) is 17.1 Å². The molecule has 0 radical (unpaired) electrons. The number of nitrogens with zero attached hydrogens (tertiary/aromatic N) is 3. The molecule has 1 aromatic heterocycles. The first-order valence-corrected chi connectivity index (χ1v) is 6.46. The predicted octanol–water partition coefficient (Wildman–Crippen LogP) is 2.72. The number of carbonyl (C=O) groups excluding carboxylic acids is 1. The number of esters is 1. The fourth-order valence-corrected chi connectivity index (χ4v) is 2.10. The van der Waals surface area contributed by atoms with Gasteiger partial charge in [-0.3, -0.25) is 4.57 Å². The summed E-state index contributed by atoms with van der Waals surface area (Å²) in [6, 6.07) is 19.1. The summed E-state index contributed by atoms with van der Waals surface area (Å²) >= 11 is 0. The molecule has 0 aliphatic heterocycles. The average molecular weight is 279 g/mol. The lowest BCUT2D eigenvalue weighted by Gasteiger charge is -2.09. The second-order valence-corrected chi connectivity index (χ2v) is 4.38. The minimum absolute atomic E-state index is 0.155. The lowest BCUT2D eigenvalue weighted by atomic mass is 10.2. The van der Waals surface area contributed by atoms with Gasteiger partial charge in [0, 0.05) is 11.3 Å². The molecule has 21 heavy (non-hydrogen) atoms. The Balaban J connectivity index is 2.23. The normalized spacial score (nSPS) is 10.3. The maximum atomic E-state index is 11.9. The van der Waals surface area contributed by atoms with Gasteiger partial charge in [-0.05, 0) is 12.1 Å². The summed E-state index contributed by atoms with van der Waals surface area (Å²) in [5.74, 6) is 0.235. The Morgan fingerprint density at radius 1 is 0.952 bits per heavy atom. The molecule has 0 N–H and O–H groups in total. The fourth-order valence-electron chi connectivity index (χ4n) is 2.10. The fraction of sp³-hybridized carbons (Fsp3) is 0.0625. The second kappa shape index (κ2) is 5.58. The van der Waals surface area contributed by atoms with E-state index in [9.17, 15) is 4.79 Å². The van der Waals surface area contributed by atoms with Crippen molar-refractivity contribution in [2.24, 2.45) is 0 Å². The smallest absolute Gasteiger partial charge is 0.376 e. The molecule has 0 fully saturated rings. The van der Waals surface area contributed by atoms with E-state index in [2.05, 4.69) is 10.2 Å². The number of hydrogen-bond acceptors (Lipinski definition) is 4. The van der Waals surface area contributed by atoms with Crippen LogP contribution in [0.3, 0.4) is 0 Å². The van der Waals surface area contributed by atoms with Gasteiger partial charge in [-0.1, -0.05) is 48.5 Å². The minimum atomic E-state index is -0.520. The number of methoxy groups -OCH3 is 1. The highest BCUT2D eigenvalue weighted by atomic mass is 16.5. The molecular formula is C16H13N3O2. The van der Waals surface area contributed by atoms with E-state index in [1.54, 1.807) is 4.57 Å². The Morgan fingerprint density at radius 2 is 1.57 bits per heavy atom. The molecule has 0 unspecified atom stereocenters. The van der Waals surface area contributed by atoms with Crippen molar-refractivity contribution < 1.29 is 9.53 Å². The lowest BCUT2D eigenvalue weighted by molar-refractivity contribution is 0.0584. The average Bonchev–Trinajstić information content (AvgIpc) is 3.00. The van der Waals surface area contributed by atoms with Gasteiger partial charge in [-0.25, -0.2) is 4.79 Å². The van der Waals surface area contributed by atoms with Crippen molar-refractivity contribution in [1.29, 1.82) is 0 Å². The second-order valence-electron chi connectivity index (χ2n) is 4.38. The van der Waals surface area contributed by atoms with Gasteiger partial charge in [-0.2, -0.15) is 0 Å². The van der Waals surface area contributed by atoms with Crippen LogP contribution in [0.25, 0.3) is 17.1 Å². The van der Waals surface area contributed by atoms with E-state index in [0.717, 1.165) is 11.3 Å². The van der Waals surface area contributed by atoms with Crippen LogP contribution >= 0.6 is 0 Å². The third-order valence-corrected chi connectivity index (χ3v) is 3.08. The largest absolute Gasteiger partial charge is 0.463 e. The summed E-state index contributed by atoms with van der Waals surface area (Å²) in [5, 5.41) is 8.12. The van der Waals surface area contributed by atoms with E-state index in [-0.39, 0.29) is 5.82 Å². The molecule has 5 nitrogen and oxygen atoms in total. The molecule has 1 heterocycles. The molecule has 2 aromatic carbocycles. The first kappa shape index (κ1) is 13.1. The molecule has 0 saturated carbocycles. The SMILES string of the molecule is COC(=O)c1nnc(-c2ccccc2)n1-c1ccccc1. The van der Waals surface area contributed by atoms with E-state index < -0.39 is 5.97 Å². The van der Waals surface area contributed by atoms with Crippen LogP contribution in [0, 0.1) is 0 Å². The van der Waals surface area contributed by atoms with E-state index >= 15 is 0 Å². The summed E-state index contributed by atoms with van der Waals surface area (Å²) in [6.45, 7) is 0. The van der Waals surface area contributed by atoms with Crippen molar-refractivity contribution in [2.45, 2.75) is 0 Å². The summed E-state index contributed by atoms with van der Waals surface area (Å²) in [6.07, 6.45) is 0. The number of benzene rings is 2. The molecule has 0 aliphatic carbocycles. The molecule has 3 aromatic rings. The molecular weight excluding hydrogens is 266 g/mol. The third-order valence-electron chi connectivity index (χ3n) is 3.08. The Morgan fingerprint density at radius 3 is 2.19 bits per heavy atom. The first-order chi connectivity index (χ1) is 10.3. The molecule has 3 rings (SSSR count). The van der Waals surface area contributed by atoms with Gasteiger partial charge in [0.25, 0.3) is 0 Å². The minimum Gasteiger partial charge on any atom is -0.463 e. The van der Waals surface area contributed by atoms with Crippen molar-refractivity contribution in [3.63, 3.8) is 0 Å². The van der Waals surface area contributed by atoms with Gasteiger partial charge in [-0.15, -0.1) is 10.2 Å². The molecule has 0 atom stereocenters. The molecule has 0 spiro atoms. The van der Waals surface area contributed by atoms with Crippen molar-refractivity contribution in [1.82, 2.24) is 14.8 Å². The maximum absolute atomic E-state index is 11.9. The molecule has 0 bridgehead atoms. The maximum Gasteiger partial charge on any atom is 0.376 e. The first-order valence-electron chi connectivity index (χ1n) is 6.46. The zero-order valence-electron chi connectivity index (χ0n) is 11.4. The van der Waals surface area contributed by atoms with E-state index in [1.165, 1.54) is 7.11 Å². The predicted molar refractivity (Wildman–Crippen MR) is 78.1 cm³/mol. The van der Waals surface area contributed by atoms with Gasteiger partial charge < -0.3 is 4.74 Å². The Kier molecular flexibility index (Phi) is 3.47. The zero-order valence-corrected chi connectivity index (χ0v) is 11.4. The Labute approximate surface area is 121 Å². The topological polar surface area (TPSA) is 57.0 Å². The van der Waals surface area contributed by atoms with Gasteiger partial charge >= 0.3 is 5.97 Å². The Bertz CT molecular complexity index is 752. The number of aromatic nitrogens is 3. The van der Waals surface area contributed by atoms with Crippen LogP contribution in [-0.4, -0.2) is 27.8 Å². The number of para-hydroxylation sites is 1. The van der Waals surface area contributed by atoms with Gasteiger partial charge in [0.15, 0.2) is 5.82 Å².